The van der Waals surface area contributed by atoms with E-state index in [1.807, 2.05) is 18.2 Å². The number of nitrogens with one attached hydrogen (secondary N) is 2. The van der Waals surface area contributed by atoms with Gasteiger partial charge in [0.1, 0.15) is 0 Å². The molecule has 0 bridgehead atoms. The topological polar surface area (TPSA) is 94.2 Å². The molecule has 0 saturated carbocycles. The van der Waals surface area contributed by atoms with Crippen LogP contribution in [0.2, 0.25) is 0 Å². The van der Waals surface area contributed by atoms with E-state index in [2.05, 4.69) is 20.5 Å². The molecule has 0 spiro atoms. The molecular formula is C19H20N6O2. The quantitative estimate of drug-likeness (QED) is 0.729. The lowest BCUT2D eigenvalue weighted by Gasteiger charge is -2.31. The molecule has 27 heavy (non-hydrogen) atoms. The van der Waals surface area contributed by atoms with Crippen molar-refractivity contribution < 1.29 is 9.59 Å². The minimum absolute atomic E-state index is 0.0380. The Morgan fingerprint density at radius 1 is 1.22 bits per heavy atom. The number of pyridine rings is 1. The normalized spacial score (nSPS) is 13.3. The molecule has 2 aromatic heterocycles. The average molecular weight is 364 g/mol. The Kier molecular flexibility index (Phi) is 4.23. The summed E-state index contributed by atoms with van der Waals surface area (Å²) in [4.78, 5) is 32.6. The highest BCUT2D eigenvalue weighted by Crippen LogP contribution is 2.24. The van der Waals surface area contributed by atoms with Crippen LogP contribution in [0.4, 0.5) is 10.5 Å². The van der Waals surface area contributed by atoms with Gasteiger partial charge in [0.2, 0.25) is 0 Å². The minimum Gasteiger partial charge on any atom is -0.331 e. The number of aromatic nitrogens is 3. The van der Waals surface area contributed by atoms with Crippen LogP contribution in [0, 0.1) is 0 Å². The number of carbonyl (C=O) groups excluding carboxylic acids is 2. The van der Waals surface area contributed by atoms with Crippen molar-refractivity contribution in [2.75, 3.05) is 26.0 Å². The molecule has 138 valence electrons. The number of amides is 3. The van der Waals surface area contributed by atoms with Crippen molar-refractivity contribution in [3.63, 3.8) is 0 Å². The Hall–Kier alpha value is -3.42. The van der Waals surface area contributed by atoms with Gasteiger partial charge >= 0.3 is 6.03 Å². The number of anilines is 1. The number of urea groups is 1. The highest BCUT2D eigenvalue weighted by molar-refractivity contribution is 6.06. The molecular weight excluding hydrogens is 344 g/mol. The van der Waals surface area contributed by atoms with Crippen LogP contribution in [0.3, 0.4) is 0 Å². The summed E-state index contributed by atoms with van der Waals surface area (Å²) in [6.45, 7) is 1.04. The lowest BCUT2D eigenvalue weighted by molar-refractivity contribution is 0.102. The van der Waals surface area contributed by atoms with Crippen LogP contribution in [0.5, 0.6) is 0 Å². The molecule has 0 radical (unpaired) electrons. The van der Waals surface area contributed by atoms with E-state index in [-0.39, 0.29) is 11.9 Å². The standard InChI is InChI=1S/C19H20N6O2/c1-24(2)19(27)25-6-5-15-13(11-25)8-20-10-16(15)18(26)22-14-3-4-17-12(7-14)9-21-23-17/h3-4,7-10H,5-6,11H2,1-2H3,(H,21,23)(H,22,26). The van der Waals surface area contributed by atoms with Gasteiger partial charge in [-0.15, -0.1) is 0 Å². The highest BCUT2D eigenvalue weighted by atomic mass is 16.2. The van der Waals surface area contributed by atoms with Gasteiger partial charge in [-0.25, -0.2) is 4.79 Å². The number of H-pyrrole nitrogens is 1. The van der Waals surface area contributed by atoms with E-state index in [9.17, 15) is 9.59 Å². The van der Waals surface area contributed by atoms with E-state index in [4.69, 9.17) is 0 Å². The first-order chi connectivity index (χ1) is 13.0. The summed E-state index contributed by atoms with van der Waals surface area (Å²) >= 11 is 0. The molecule has 0 fully saturated rings. The largest absolute Gasteiger partial charge is 0.331 e. The van der Waals surface area contributed by atoms with Crippen LogP contribution in [0.25, 0.3) is 10.9 Å². The lowest BCUT2D eigenvalue weighted by Crippen LogP contribution is -2.42. The van der Waals surface area contributed by atoms with Crippen molar-refractivity contribution in [2.45, 2.75) is 13.0 Å². The molecule has 3 heterocycles. The van der Waals surface area contributed by atoms with Crippen molar-refractivity contribution in [3.8, 4) is 0 Å². The van der Waals surface area contributed by atoms with Gasteiger partial charge in [-0.2, -0.15) is 5.10 Å². The maximum absolute atomic E-state index is 12.8. The van der Waals surface area contributed by atoms with Gasteiger partial charge in [0.15, 0.2) is 0 Å². The SMILES string of the molecule is CN(C)C(=O)N1CCc2c(cncc2C(=O)Nc2ccc3[nH]ncc3c2)C1. The van der Waals surface area contributed by atoms with Gasteiger partial charge in [-0.05, 0) is 35.7 Å². The second-order valence-electron chi connectivity index (χ2n) is 6.80. The van der Waals surface area contributed by atoms with Gasteiger partial charge in [0.05, 0.1) is 17.3 Å². The van der Waals surface area contributed by atoms with Crippen LogP contribution in [-0.4, -0.2) is 57.6 Å². The van der Waals surface area contributed by atoms with Crippen LogP contribution in [0.15, 0.2) is 36.8 Å². The van der Waals surface area contributed by atoms with E-state index in [1.54, 1.807) is 42.5 Å². The first kappa shape index (κ1) is 17.0. The van der Waals surface area contributed by atoms with Crippen molar-refractivity contribution in [1.29, 1.82) is 0 Å². The predicted molar refractivity (Wildman–Crippen MR) is 101 cm³/mol. The van der Waals surface area contributed by atoms with Crippen LogP contribution in [0.1, 0.15) is 21.5 Å². The van der Waals surface area contributed by atoms with E-state index < -0.39 is 0 Å². The number of hydrogen-bond acceptors (Lipinski definition) is 4. The molecule has 3 amide bonds. The molecule has 8 nitrogen and oxygen atoms in total. The van der Waals surface area contributed by atoms with Gasteiger partial charge in [-0.1, -0.05) is 0 Å². The predicted octanol–water partition coefficient (Wildman–Crippen LogP) is 2.25. The van der Waals surface area contributed by atoms with Crippen molar-refractivity contribution in [2.24, 2.45) is 0 Å². The maximum Gasteiger partial charge on any atom is 0.319 e. The summed E-state index contributed by atoms with van der Waals surface area (Å²) in [5.74, 6) is -0.199. The van der Waals surface area contributed by atoms with Gasteiger partial charge < -0.3 is 15.1 Å². The van der Waals surface area contributed by atoms with Crippen molar-refractivity contribution in [3.05, 3.63) is 53.5 Å². The Morgan fingerprint density at radius 3 is 2.89 bits per heavy atom. The Morgan fingerprint density at radius 2 is 2.07 bits per heavy atom. The average Bonchev–Trinajstić information content (AvgIpc) is 3.14. The lowest BCUT2D eigenvalue weighted by atomic mass is 9.96. The van der Waals surface area contributed by atoms with Gasteiger partial charge in [0, 0.05) is 50.7 Å². The summed E-state index contributed by atoms with van der Waals surface area (Å²) in [5, 5.41) is 10.7. The van der Waals surface area contributed by atoms with Crippen molar-refractivity contribution >= 4 is 28.5 Å². The molecule has 1 aromatic carbocycles. The summed E-state index contributed by atoms with van der Waals surface area (Å²) in [6.07, 6.45) is 5.67. The molecule has 2 N–H and O–H groups in total. The van der Waals surface area contributed by atoms with E-state index >= 15 is 0 Å². The molecule has 0 atom stereocenters. The van der Waals surface area contributed by atoms with Gasteiger partial charge in [-0.3, -0.25) is 14.9 Å². The number of benzene rings is 1. The fourth-order valence-electron chi connectivity index (χ4n) is 3.35. The molecule has 0 unspecified atom stereocenters. The first-order valence-electron chi connectivity index (χ1n) is 8.69. The summed E-state index contributed by atoms with van der Waals surface area (Å²) in [7, 11) is 3.47. The van der Waals surface area contributed by atoms with E-state index in [0.717, 1.165) is 22.0 Å². The number of aromatic amines is 1. The zero-order valence-corrected chi connectivity index (χ0v) is 15.2. The molecule has 8 heteroatoms. The third-order valence-corrected chi connectivity index (χ3v) is 4.74. The Labute approximate surface area is 156 Å². The molecule has 4 rings (SSSR count). The zero-order valence-electron chi connectivity index (χ0n) is 15.2. The number of carbonyl (C=O) groups is 2. The van der Waals surface area contributed by atoms with Gasteiger partial charge in [0.25, 0.3) is 5.91 Å². The highest BCUT2D eigenvalue weighted by Gasteiger charge is 2.25. The number of rotatable bonds is 2. The van der Waals surface area contributed by atoms with Crippen molar-refractivity contribution in [1.82, 2.24) is 25.0 Å². The van der Waals surface area contributed by atoms with E-state index in [1.165, 1.54) is 0 Å². The summed E-state index contributed by atoms with van der Waals surface area (Å²) in [5.41, 5.74) is 4.03. The smallest absolute Gasteiger partial charge is 0.319 e. The zero-order chi connectivity index (χ0) is 19.0. The molecule has 3 aromatic rings. The number of hydrogen-bond donors (Lipinski definition) is 2. The fourth-order valence-corrected chi connectivity index (χ4v) is 3.35. The Bertz CT molecular complexity index is 1030. The summed E-state index contributed by atoms with van der Waals surface area (Å²) < 4.78 is 0. The van der Waals surface area contributed by atoms with Crippen LogP contribution in [-0.2, 0) is 13.0 Å². The Balaban J connectivity index is 1.57. The molecule has 0 saturated heterocycles. The molecule has 1 aliphatic rings. The maximum atomic E-state index is 12.8. The monoisotopic (exact) mass is 364 g/mol. The fraction of sp³-hybridized carbons (Fsp3) is 0.263. The second-order valence-corrected chi connectivity index (χ2v) is 6.80. The number of nitrogens with zero attached hydrogens (tertiary/aromatic N) is 4. The van der Waals surface area contributed by atoms with Crippen LogP contribution < -0.4 is 5.32 Å². The molecule has 1 aliphatic heterocycles. The van der Waals surface area contributed by atoms with Crippen LogP contribution >= 0.6 is 0 Å². The molecule has 0 aliphatic carbocycles. The minimum atomic E-state index is -0.199. The van der Waals surface area contributed by atoms with E-state index in [0.29, 0.717) is 30.8 Å². The first-order valence-corrected chi connectivity index (χ1v) is 8.69. The summed E-state index contributed by atoms with van der Waals surface area (Å²) in [6, 6.07) is 5.54. The second kappa shape index (κ2) is 6.71. The third kappa shape index (κ3) is 3.21. The number of fused-ring (bicyclic) bond motifs is 2. The third-order valence-electron chi connectivity index (χ3n) is 4.74.